The van der Waals surface area contributed by atoms with Gasteiger partial charge < -0.3 is 19.0 Å². The first-order chi connectivity index (χ1) is 18.0. The Balaban J connectivity index is 1.32. The maximum absolute atomic E-state index is 13.8. The van der Waals surface area contributed by atoms with Gasteiger partial charge in [-0.1, -0.05) is 38.8 Å². The summed E-state index contributed by atoms with van der Waals surface area (Å²) in [6.07, 6.45) is 6.38. The third-order valence-electron chi connectivity index (χ3n) is 7.64. The molecule has 1 saturated carbocycles. The highest BCUT2D eigenvalue weighted by Gasteiger charge is 2.35. The van der Waals surface area contributed by atoms with Crippen LogP contribution in [0.4, 0.5) is 0 Å². The highest BCUT2D eigenvalue weighted by Crippen LogP contribution is 2.34. The van der Waals surface area contributed by atoms with Gasteiger partial charge in [0.15, 0.2) is 0 Å². The minimum Gasteiger partial charge on any atom is -0.491 e. The summed E-state index contributed by atoms with van der Waals surface area (Å²) in [5.74, 6) is 1.98. The molecule has 1 aromatic carbocycles. The zero-order valence-electron chi connectivity index (χ0n) is 21.7. The maximum atomic E-state index is 13.8. The van der Waals surface area contributed by atoms with E-state index in [0.29, 0.717) is 31.4 Å². The number of amides is 2. The van der Waals surface area contributed by atoms with Crippen LogP contribution >= 0.6 is 11.3 Å². The van der Waals surface area contributed by atoms with Crippen LogP contribution in [0.5, 0.6) is 5.75 Å². The van der Waals surface area contributed by atoms with Crippen molar-refractivity contribution in [2.75, 3.05) is 19.7 Å². The third-order valence-corrected chi connectivity index (χ3v) is 8.64. The Morgan fingerprint density at radius 1 is 1.14 bits per heavy atom. The zero-order valence-corrected chi connectivity index (χ0v) is 22.5. The summed E-state index contributed by atoms with van der Waals surface area (Å²) in [6.45, 7) is 5.71. The van der Waals surface area contributed by atoms with Crippen LogP contribution in [-0.2, 0) is 22.6 Å². The van der Waals surface area contributed by atoms with Crippen LogP contribution in [0, 0.1) is 5.92 Å². The Morgan fingerprint density at radius 3 is 2.62 bits per heavy atom. The molecule has 0 saturated heterocycles. The van der Waals surface area contributed by atoms with Gasteiger partial charge in [-0.15, -0.1) is 11.3 Å². The summed E-state index contributed by atoms with van der Waals surface area (Å²) < 4.78 is 11.8. The Bertz CT molecular complexity index is 1180. The fourth-order valence-electron chi connectivity index (χ4n) is 5.49. The summed E-state index contributed by atoms with van der Waals surface area (Å²) in [7, 11) is 0. The van der Waals surface area contributed by atoms with Gasteiger partial charge in [0.25, 0.3) is 0 Å². The fourth-order valence-corrected chi connectivity index (χ4v) is 6.41. The van der Waals surface area contributed by atoms with Gasteiger partial charge in [-0.3, -0.25) is 9.59 Å². The minimum absolute atomic E-state index is 0.000496. The smallest absolute Gasteiger partial charge is 0.242 e. The molecule has 1 aliphatic heterocycles. The Morgan fingerprint density at radius 2 is 1.92 bits per heavy atom. The van der Waals surface area contributed by atoms with Gasteiger partial charge in [0.2, 0.25) is 11.8 Å². The molecule has 1 unspecified atom stereocenters. The van der Waals surface area contributed by atoms with E-state index >= 15 is 0 Å². The van der Waals surface area contributed by atoms with E-state index in [4.69, 9.17) is 9.15 Å². The molecule has 0 radical (unpaired) electrons. The molecule has 3 heterocycles. The molecule has 7 heteroatoms. The number of carbonyl (C=O) groups excluding carboxylic acids is 2. The molecule has 2 aromatic heterocycles. The van der Waals surface area contributed by atoms with Crippen molar-refractivity contribution in [3.05, 3.63) is 75.9 Å². The van der Waals surface area contributed by atoms with E-state index in [1.54, 1.807) is 22.5 Å². The quantitative estimate of drug-likeness (QED) is 0.338. The number of ether oxygens (including phenoxy) is 1. The lowest BCUT2D eigenvalue weighted by Gasteiger charge is -2.37. The molecular formula is C30H36N2O4S. The number of fused-ring (bicyclic) bond motifs is 1. The second-order valence-corrected chi connectivity index (χ2v) is 11.4. The van der Waals surface area contributed by atoms with Crippen LogP contribution in [0.15, 0.2) is 58.5 Å². The summed E-state index contributed by atoms with van der Waals surface area (Å²) >= 11 is 1.74. The topological polar surface area (TPSA) is 63.0 Å². The standard InChI is InChI=1S/C30H36N2O4S/c1-21(2)22-9-11-24(12-10-22)36-20-27-26-14-17-37-28(26)13-15-32(27)29(33)19-31(18-25-8-5-16-35-25)30(34)23-6-3-4-7-23/h5,8-12,14,16-17,21,23,27H,3-4,6-7,13,15,18-20H2,1-2H3. The van der Waals surface area contributed by atoms with Crippen molar-refractivity contribution in [2.24, 2.45) is 5.92 Å². The first kappa shape index (κ1) is 25.6. The number of hydrogen-bond donors (Lipinski definition) is 0. The largest absolute Gasteiger partial charge is 0.491 e. The first-order valence-corrected chi connectivity index (χ1v) is 14.3. The number of hydrogen-bond acceptors (Lipinski definition) is 5. The molecule has 1 atom stereocenters. The lowest BCUT2D eigenvalue weighted by Crippen LogP contribution is -2.48. The van der Waals surface area contributed by atoms with E-state index in [-0.39, 0.29) is 30.3 Å². The predicted octanol–water partition coefficient (Wildman–Crippen LogP) is 6.19. The molecule has 1 fully saturated rings. The van der Waals surface area contributed by atoms with Crippen molar-refractivity contribution in [2.45, 2.75) is 64.5 Å². The normalized spacial score (nSPS) is 17.7. The van der Waals surface area contributed by atoms with E-state index in [1.807, 2.05) is 29.2 Å². The summed E-state index contributed by atoms with van der Waals surface area (Å²) in [5, 5.41) is 2.09. The van der Waals surface area contributed by atoms with Crippen molar-refractivity contribution in [3.63, 3.8) is 0 Å². The number of furan rings is 1. The van der Waals surface area contributed by atoms with Crippen molar-refractivity contribution in [1.82, 2.24) is 9.80 Å². The van der Waals surface area contributed by atoms with Crippen molar-refractivity contribution in [1.29, 1.82) is 0 Å². The minimum atomic E-state index is -0.181. The molecular weight excluding hydrogens is 484 g/mol. The molecule has 0 spiro atoms. The van der Waals surface area contributed by atoms with Crippen molar-refractivity contribution < 1.29 is 18.7 Å². The van der Waals surface area contributed by atoms with Gasteiger partial charge in [-0.05, 0) is 72.0 Å². The van der Waals surface area contributed by atoms with Crippen LogP contribution in [0.1, 0.15) is 73.3 Å². The predicted molar refractivity (Wildman–Crippen MR) is 145 cm³/mol. The summed E-state index contributed by atoms with van der Waals surface area (Å²) in [4.78, 5) is 32.1. The molecule has 5 rings (SSSR count). The van der Waals surface area contributed by atoms with Crippen LogP contribution in [0.25, 0.3) is 0 Å². The molecule has 2 amide bonds. The number of thiophene rings is 1. The second-order valence-electron chi connectivity index (χ2n) is 10.4. The van der Waals surface area contributed by atoms with Gasteiger partial charge in [0.05, 0.1) is 18.8 Å². The molecule has 0 N–H and O–H groups in total. The molecule has 3 aromatic rings. The highest BCUT2D eigenvalue weighted by molar-refractivity contribution is 7.10. The van der Waals surface area contributed by atoms with E-state index in [1.165, 1.54) is 10.4 Å². The molecule has 6 nitrogen and oxygen atoms in total. The van der Waals surface area contributed by atoms with Crippen LogP contribution in [0.2, 0.25) is 0 Å². The summed E-state index contributed by atoms with van der Waals surface area (Å²) in [6, 6.07) is 13.8. The van der Waals surface area contributed by atoms with E-state index < -0.39 is 0 Å². The van der Waals surface area contributed by atoms with Crippen LogP contribution in [0.3, 0.4) is 0 Å². The molecule has 1 aliphatic carbocycles. The zero-order chi connectivity index (χ0) is 25.8. The number of nitrogens with zero attached hydrogens (tertiary/aromatic N) is 2. The summed E-state index contributed by atoms with van der Waals surface area (Å²) in [5.41, 5.74) is 2.42. The van der Waals surface area contributed by atoms with Crippen LogP contribution in [-0.4, -0.2) is 41.3 Å². The third kappa shape index (κ3) is 5.93. The lowest BCUT2D eigenvalue weighted by atomic mass is 10.00. The van der Waals surface area contributed by atoms with Gasteiger partial charge in [0, 0.05) is 17.3 Å². The average molecular weight is 521 g/mol. The van der Waals surface area contributed by atoms with E-state index in [0.717, 1.165) is 43.4 Å². The Hall–Kier alpha value is -3.06. The lowest BCUT2D eigenvalue weighted by molar-refractivity contribution is -0.145. The monoisotopic (exact) mass is 520 g/mol. The highest BCUT2D eigenvalue weighted by atomic mass is 32.1. The van der Waals surface area contributed by atoms with Gasteiger partial charge in [-0.2, -0.15) is 0 Å². The molecule has 0 bridgehead atoms. The molecule has 2 aliphatic rings. The van der Waals surface area contributed by atoms with Gasteiger partial charge in [-0.25, -0.2) is 0 Å². The molecule has 196 valence electrons. The molecule has 37 heavy (non-hydrogen) atoms. The van der Waals surface area contributed by atoms with E-state index in [9.17, 15) is 9.59 Å². The van der Waals surface area contributed by atoms with Gasteiger partial charge >= 0.3 is 0 Å². The number of benzene rings is 1. The SMILES string of the molecule is CC(C)c1ccc(OCC2c3ccsc3CCN2C(=O)CN(Cc2ccco2)C(=O)C2CCCC2)cc1. The second kappa shape index (κ2) is 11.5. The first-order valence-electron chi connectivity index (χ1n) is 13.4. The van der Waals surface area contributed by atoms with Crippen molar-refractivity contribution in [3.8, 4) is 5.75 Å². The number of carbonyl (C=O) groups is 2. The van der Waals surface area contributed by atoms with Crippen LogP contribution < -0.4 is 4.74 Å². The number of rotatable bonds is 9. The Labute approximate surface area is 223 Å². The van der Waals surface area contributed by atoms with Crippen molar-refractivity contribution >= 4 is 23.2 Å². The fraction of sp³-hybridized carbons (Fsp3) is 0.467. The Kier molecular flexibility index (Phi) is 7.99. The van der Waals surface area contributed by atoms with E-state index in [2.05, 4.69) is 37.4 Å². The van der Waals surface area contributed by atoms with Gasteiger partial charge in [0.1, 0.15) is 24.7 Å². The maximum Gasteiger partial charge on any atom is 0.242 e. The average Bonchev–Trinajstić information content (AvgIpc) is 3.69.